The normalized spacial score (nSPS) is 14.9. The largest absolute Gasteiger partial charge is 0.464 e. The molecule has 0 aliphatic carbocycles. The lowest BCUT2D eigenvalue weighted by Gasteiger charge is -2.39. The molecule has 2 rings (SSSR count). The first-order valence-electron chi connectivity index (χ1n) is 9.71. The van der Waals surface area contributed by atoms with Crippen LogP contribution in [-0.2, 0) is 18.8 Å². The van der Waals surface area contributed by atoms with Crippen LogP contribution in [-0.4, -0.2) is 36.7 Å². The number of fused-ring (bicyclic) bond motifs is 1. The highest BCUT2D eigenvalue weighted by Crippen LogP contribution is 2.38. The number of rotatable bonds is 11. The fourth-order valence-corrected chi connectivity index (χ4v) is 5.69. The maximum Gasteiger partial charge on any atom is 0.339 e. The van der Waals surface area contributed by atoms with Gasteiger partial charge in [-0.25, -0.2) is 4.79 Å². The van der Waals surface area contributed by atoms with Gasteiger partial charge in [-0.1, -0.05) is 50.2 Å². The Kier molecular flexibility index (Phi) is 8.94. The third-order valence-corrected chi connectivity index (χ3v) is 6.69. The lowest BCUT2D eigenvalue weighted by Crippen LogP contribution is -2.54. The van der Waals surface area contributed by atoms with E-state index in [1.165, 1.54) is 10.8 Å². The maximum atomic E-state index is 12.9. The average Bonchev–Trinajstić information content (AvgIpc) is 2.68. The molecule has 2 unspecified atom stereocenters. The monoisotopic (exact) mass is 420 g/mol. The molecule has 0 saturated carbocycles. The maximum absolute atomic E-state index is 12.9. The van der Waals surface area contributed by atoms with E-state index in [1.54, 1.807) is 18.7 Å². The van der Waals surface area contributed by atoms with Crippen molar-refractivity contribution in [3.8, 4) is 0 Å². The van der Waals surface area contributed by atoms with Crippen LogP contribution in [0.4, 0.5) is 0 Å². The van der Waals surface area contributed by atoms with Gasteiger partial charge in [0.2, 0.25) is 0 Å². The van der Waals surface area contributed by atoms with Crippen LogP contribution in [0.25, 0.3) is 10.8 Å². The van der Waals surface area contributed by atoms with E-state index in [-0.39, 0.29) is 33.1 Å². The molecule has 28 heavy (non-hydrogen) atoms. The number of carbonyl (C=O) groups is 1. The summed E-state index contributed by atoms with van der Waals surface area (Å²) < 4.78 is 22.9. The lowest BCUT2D eigenvalue weighted by molar-refractivity contribution is -0.177. The lowest BCUT2D eigenvalue weighted by atomic mass is 9.81. The molecule has 0 aliphatic rings. The van der Waals surface area contributed by atoms with Crippen LogP contribution in [0.1, 0.15) is 27.7 Å². The van der Waals surface area contributed by atoms with Gasteiger partial charge in [-0.15, -0.1) is 11.8 Å². The highest BCUT2D eigenvalue weighted by molar-refractivity contribution is 7.99. The minimum atomic E-state index is -1.21. The van der Waals surface area contributed by atoms with Crippen LogP contribution in [0.15, 0.2) is 47.4 Å². The van der Waals surface area contributed by atoms with Crippen molar-refractivity contribution in [1.82, 2.24) is 0 Å². The van der Waals surface area contributed by atoms with E-state index < -0.39 is 11.6 Å². The van der Waals surface area contributed by atoms with Crippen LogP contribution in [0, 0.1) is 11.8 Å². The van der Waals surface area contributed by atoms with Crippen LogP contribution in [0.5, 0.6) is 0 Å². The number of ether oxygens (including phenoxy) is 2. The zero-order valence-electron chi connectivity index (χ0n) is 17.0. The summed E-state index contributed by atoms with van der Waals surface area (Å²) >= 11 is 1.71. The first-order valence-corrected chi connectivity index (χ1v) is 11.7. The van der Waals surface area contributed by atoms with Crippen molar-refractivity contribution in [1.29, 1.82) is 0 Å². The second-order valence-corrected chi connectivity index (χ2v) is 8.61. The van der Waals surface area contributed by atoms with E-state index in [1.807, 2.05) is 25.1 Å². The van der Waals surface area contributed by atoms with E-state index in [9.17, 15) is 9.36 Å². The van der Waals surface area contributed by atoms with E-state index in [0.717, 1.165) is 4.90 Å². The molecule has 0 spiro atoms. The molecule has 0 fully saturated rings. The molecule has 2 aromatic carbocycles. The molecule has 0 bridgehead atoms. The Bertz CT molecular complexity index is 790. The van der Waals surface area contributed by atoms with Crippen molar-refractivity contribution in [2.45, 2.75) is 38.2 Å². The molecule has 4 nitrogen and oxygen atoms in total. The third kappa shape index (κ3) is 5.14. The van der Waals surface area contributed by atoms with E-state index in [0.29, 0.717) is 12.4 Å². The molecule has 0 amide bonds. The number of hydrogen-bond acceptors (Lipinski definition) is 5. The van der Waals surface area contributed by atoms with Gasteiger partial charge in [-0.3, -0.25) is 4.57 Å². The third-order valence-electron chi connectivity index (χ3n) is 4.89. The van der Waals surface area contributed by atoms with Crippen molar-refractivity contribution < 1.29 is 18.8 Å². The number of esters is 1. The molecule has 0 heterocycles. The van der Waals surface area contributed by atoms with Gasteiger partial charge in [0.1, 0.15) is 0 Å². The Morgan fingerprint density at radius 2 is 1.82 bits per heavy atom. The topological polar surface area (TPSA) is 52.6 Å². The second-order valence-electron chi connectivity index (χ2n) is 6.97. The van der Waals surface area contributed by atoms with Crippen molar-refractivity contribution in [3.63, 3.8) is 0 Å². The zero-order valence-corrected chi connectivity index (χ0v) is 18.7. The summed E-state index contributed by atoms with van der Waals surface area (Å²) in [6.07, 6.45) is 0.0959. The Hall–Kier alpha value is -1.42. The molecule has 0 saturated heterocycles. The summed E-state index contributed by atoms with van der Waals surface area (Å²) in [6, 6.07) is 14.5. The predicted molar refractivity (Wildman–Crippen MR) is 116 cm³/mol. The smallest absolute Gasteiger partial charge is 0.339 e. The van der Waals surface area contributed by atoms with Gasteiger partial charge in [0, 0.05) is 23.2 Å². The van der Waals surface area contributed by atoms with Crippen molar-refractivity contribution in [2.24, 2.45) is 11.8 Å². The minimum Gasteiger partial charge on any atom is -0.464 e. The fraction of sp³-hybridized carbons (Fsp3) is 0.500. The van der Waals surface area contributed by atoms with Crippen LogP contribution in [0.2, 0.25) is 0 Å². The second kappa shape index (κ2) is 10.9. The first kappa shape index (κ1) is 22.9. The summed E-state index contributed by atoms with van der Waals surface area (Å²) in [5, 5.41) is 2.38. The molecule has 0 aromatic heterocycles. The van der Waals surface area contributed by atoms with E-state index in [4.69, 9.17) is 9.47 Å². The van der Waals surface area contributed by atoms with Crippen LogP contribution >= 0.6 is 20.2 Å². The van der Waals surface area contributed by atoms with Crippen molar-refractivity contribution in [3.05, 3.63) is 42.5 Å². The number of hydrogen-bond donors (Lipinski definition) is 0. The van der Waals surface area contributed by atoms with E-state index in [2.05, 4.69) is 38.1 Å². The SMILES string of the molecule is CCOC(=O)C(CP=O)(OCC)C(CSc1cccc2ccccc12)C(C)C. The summed E-state index contributed by atoms with van der Waals surface area (Å²) in [4.78, 5) is 14.1. The number of benzene rings is 2. The number of carbonyl (C=O) groups excluding carboxylic acids is 1. The molecule has 0 radical (unpaired) electrons. The minimum absolute atomic E-state index is 0.0959. The summed E-state index contributed by atoms with van der Waals surface area (Å²) in [7, 11) is -0.120. The van der Waals surface area contributed by atoms with E-state index >= 15 is 0 Å². The molecule has 0 N–H and O–H groups in total. The zero-order chi connectivity index (χ0) is 20.6. The highest BCUT2D eigenvalue weighted by Gasteiger charge is 2.49. The molecule has 152 valence electrons. The molecule has 2 aromatic rings. The van der Waals surface area contributed by atoms with Crippen molar-refractivity contribution >= 4 is 37.0 Å². The summed E-state index contributed by atoms with van der Waals surface area (Å²) in [6.45, 7) is 8.40. The van der Waals surface area contributed by atoms with Gasteiger partial charge in [0.25, 0.3) is 0 Å². The average molecular weight is 421 g/mol. The van der Waals surface area contributed by atoms with Gasteiger partial charge in [0.15, 0.2) is 14.1 Å². The van der Waals surface area contributed by atoms with Gasteiger partial charge >= 0.3 is 5.97 Å². The van der Waals surface area contributed by atoms with Gasteiger partial charge < -0.3 is 9.47 Å². The Labute approximate surface area is 173 Å². The molecular formula is C22H29O4PS. The molecule has 6 heteroatoms. The molecule has 2 atom stereocenters. The summed E-state index contributed by atoms with van der Waals surface area (Å²) in [5.74, 6) is 0.259. The quantitative estimate of drug-likeness (QED) is 0.260. The van der Waals surface area contributed by atoms with Gasteiger partial charge in [0.05, 0.1) is 12.8 Å². The van der Waals surface area contributed by atoms with Crippen LogP contribution < -0.4 is 0 Å². The van der Waals surface area contributed by atoms with Crippen molar-refractivity contribution in [2.75, 3.05) is 25.1 Å². The summed E-state index contributed by atoms with van der Waals surface area (Å²) in [5.41, 5.74) is -1.21. The molecular weight excluding hydrogens is 391 g/mol. The Balaban J connectivity index is 2.37. The highest BCUT2D eigenvalue weighted by atomic mass is 32.2. The molecule has 0 aliphatic heterocycles. The first-order chi connectivity index (χ1) is 13.5. The fourth-order valence-electron chi connectivity index (χ4n) is 3.52. The predicted octanol–water partition coefficient (Wildman–Crippen LogP) is 5.83. The Morgan fingerprint density at radius 3 is 2.46 bits per heavy atom. The Morgan fingerprint density at radius 1 is 1.11 bits per heavy atom. The number of thioether (sulfide) groups is 1. The van der Waals surface area contributed by atoms with Gasteiger partial charge in [-0.05, 0) is 36.6 Å². The van der Waals surface area contributed by atoms with Crippen LogP contribution in [0.3, 0.4) is 0 Å². The standard InChI is InChI=1S/C22H29O4PS/c1-5-25-21(23)22(15-27-24,26-6-2)19(16(3)4)14-28-20-13-9-11-17-10-7-8-12-18(17)20/h7-13,16,19H,5-6,14-15H2,1-4H3. The van der Waals surface area contributed by atoms with Gasteiger partial charge in [-0.2, -0.15) is 0 Å².